The summed E-state index contributed by atoms with van der Waals surface area (Å²) in [6.07, 6.45) is 0.567. The van der Waals surface area contributed by atoms with Crippen LogP contribution in [0.15, 0.2) is 42.5 Å². The predicted molar refractivity (Wildman–Crippen MR) is 89.4 cm³/mol. The molecule has 0 bridgehead atoms. The van der Waals surface area contributed by atoms with Gasteiger partial charge in [-0.2, -0.15) is 0 Å². The molecule has 0 aliphatic heterocycles. The lowest BCUT2D eigenvalue weighted by atomic mass is 9.78. The first kappa shape index (κ1) is 16.6. The Balaban J connectivity index is 2.37. The van der Waals surface area contributed by atoms with Crippen LogP contribution in [0.2, 0.25) is 5.02 Å². The summed E-state index contributed by atoms with van der Waals surface area (Å²) in [4.78, 5) is 0. The largest absolute Gasteiger partial charge is 0.205 e. The van der Waals surface area contributed by atoms with Crippen LogP contribution < -0.4 is 0 Å². The molecule has 2 rings (SSSR count). The van der Waals surface area contributed by atoms with Gasteiger partial charge < -0.3 is 0 Å². The quantitative estimate of drug-likeness (QED) is 0.606. The van der Waals surface area contributed by atoms with Crippen molar-refractivity contribution >= 4 is 34.8 Å². The molecule has 0 aliphatic rings. The van der Waals surface area contributed by atoms with Gasteiger partial charge in [-0.05, 0) is 36.6 Å². The van der Waals surface area contributed by atoms with Crippen LogP contribution in [0.1, 0.15) is 16.7 Å². The summed E-state index contributed by atoms with van der Waals surface area (Å²) in [7, 11) is 0. The second kappa shape index (κ2) is 7.00. The van der Waals surface area contributed by atoms with Crippen LogP contribution in [0.4, 0.5) is 4.39 Å². The summed E-state index contributed by atoms with van der Waals surface area (Å²) in [6.45, 7) is 2.03. The normalized spacial score (nSPS) is 11.7. The Morgan fingerprint density at radius 1 is 1.00 bits per heavy atom. The number of hydrogen-bond acceptors (Lipinski definition) is 0. The van der Waals surface area contributed by atoms with Crippen LogP contribution in [0.5, 0.6) is 0 Å². The molecule has 0 aliphatic carbocycles. The maximum Gasteiger partial charge on any atom is 0.142 e. The summed E-state index contributed by atoms with van der Waals surface area (Å²) in [5.41, 5.74) is 2.65. The minimum absolute atomic E-state index is 0.122. The zero-order valence-electron chi connectivity index (χ0n) is 11.7. The van der Waals surface area contributed by atoms with Crippen molar-refractivity contribution in [2.45, 2.75) is 18.8 Å². The second-order valence-corrected chi connectivity index (χ2v) is 6.28. The van der Waals surface area contributed by atoms with Crippen LogP contribution in [-0.2, 0) is 11.8 Å². The Morgan fingerprint density at radius 3 is 2.14 bits per heavy atom. The Hall–Kier alpha value is -0.760. The molecule has 2 aromatic rings. The number of alkyl halides is 2. The van der Waals surface area contributed by atoms with E-state index in [2.05, 4.69) is 0 Å². The van der Waals surface area contributed by atoms with Gasteiger partial charge in [0, 0.05) is 17.2 Å². The zero-order valence-corrected chi connectivity index (χ0v) is 13.9. The van der Waals surface area contributed by atoms with E-state index in [0.29, 0.717) is 18.2 Å². The fourth-order valence-electron chi connectivity index (χ4n) is 2.33. The lowest BCUT2D eigenvalue weighted by molar-refractivity contribution is 0.533. The van der Waals surface area contributed by atoms with Crippen LogP contribution in [0.25, 0.3) is 0 Å². The van der Waals surface area contributed by atoms with Crippen molar-refractivity contribution in [3.8, 4) is 0 Å². The molecule has 0 saturated carbocycles. The molecule has 0 atom stereocenters. The van der Waals surface area contributed by atoms with Gasteiger partial charge in [0.15, 0.2) is 0 Å². The molecule has 0 unspecified atom stereocenters. The molecule has 0 spiro atoms. The van der Waals surface area contributed by atoms with Gasteiger partial charge in [0.1, 0.15) is 5.82 Å². The van der Waals surface area contributed by atoms with E-state index in [1.165, 1.54) is 11.6 Å². The maximum atomic E-state index is 13.6. The van der Waals surface area contributed by atoms with Gasteiger partial charge >= 0.3 is 0 Å². The van der Waals surface area contributed by atoms with E-state index in [0.717, 1.165) is 11.1 Å². The maximum absolute atomic E-state index is 13.6. The monoisotopic (exact) mass is 344 g/mol. The number of hydrogen-bond donors (Lipinski definition) is 0. The lowest BCUT2D eigenvalue weighted by Gasteiger charge is -2.30. The van der Waals surface area contributed by atoms with E-state index >= 15 is 0 Å². The standard InChI is InChI=1S/C17H16Cl3F/c1-12-2-5-14(6-3-12)17(10-18,11-19)9-13-4-7-15(20)16(21)8-13/h2-8H,9-11H2,1H3. The molecular formula is C17H16Cl3F. The third-order valence-electron chi connectivity index (χ3n) is 3.70. The van der Waals surface area contributed by atoms with Crippen molar-refractivity contribution in [3.05, 3.63) is 70.0 Å². The number of halogens is 4. The van der Waals surface area contributed by atoms with Crippen molar-refractivity contribution < 1.29 is 4.39 Å². The molecule has 0 amide bonds. The molecule has 0 nitrogen and oxygen atoms in total. The SMILES string of the molecule is Cc1ccc(C(CCl)(CCl)Cc2ccc(Cl)c(F)c2)cc1. The average Bonchev–Trinajstić information content (AvgIpc) is 2.49. The average molecular weight is 346 g/mol. The van der Waals surface area contributed by atoms with Gasteiger partial charge in [0.05, 0.1) is 5.02 Å². The van der Waals surface area contributed by atoms with Gasteiger partial charge in [-0.15, -0.1) is 23.2 Å². The van der Waals surface area contributed by atoms with Gasteiger partial charge in [0.25, 0.3) is 0 Å². The van der Waals surface area contributed by atoms with Crippen molar-refractivity contribution in [2.75, 3.05) is 11.8 Å². The van der Waals surface area contributed by atoms with E-state index in [9.17, 15) is 4.39 Å². The van der Waals surface area contributed by atoms with Crippen LogP contribution >= 0.6 is 34.8 Å². The molecule has 0 radical (unpaired) electrons. The van der Waals surface area contributed by atoms with E-state index < -0.39 is 11.2 Å². The predicted octanol–water partition coefficient (Wildman–Crippen LogP) is 5.75. The Kier molecular flexibility index (Phi) is 5.54. The highest BCUT2D eigenvalue weighted by Crippen LogP contribution is 2.32. The zero-order chi connectivity index (χ0) is 15.5. The third kappa shape index (κ3) is 3.71. The van der Waals surface area contributed by atoms with Crippen molar-refractivity contribution in [1.29, 1.82) is 0 Å². The second-order valence-electron chi connectivity index (χ2n) is 5.34. The Labute approximate surface area is 139 Å². The first-order valence-electron chi connectivity index (χ1n) is 6.64. The third-order valence-corrected chi connectivity index (χ3v) is 5.03. The molecular weight excluding hydrogens is 330 g/mol. The highest BCUT2D eigenvalue weighted by atomic mass is 35.5. The first-order valence-corrected chi connectivity index (χ1v) is 8.08. The smallest absolute Gasteiger partial charge is 0.142 e. The van der Waals surface area contributed by atoms with Crippen LogP contribution in [0, 0.1) is 12.7 Å². The Morgan fingerprint density at radius 2 is 1.62 bits per heavy atom. The first-order chi connectivity index (χ1) is 10.0. The minimum atomic E-state index is -0.420. The number of aryl methyl sites for hydroxylation is 1. The van der Waals surface area contributed by atoms with E-state index in [-0.39, 0.29) is 5.02 Å². The van der Waals surface area contributed by atoms with Gasteiger partial charge in [-0.3, -0.25) is 0 Å². The van der Waals surface area contributed by atoms with Gasteiger partial charge in [-0.25, -0.2) is 4.39 Å². The van der Waals surface area contributed by atoms with E-state index in [4.69, 9.17) is 34.8 Å². The van der Waals surface area contributed by atoms with Crippen LogP contribution in [-0.4, -0.2) is 11.8 Å². The number of benzene rings is 2. The molecule has 0 N–H and O–H groups in total. The highest BCUT2D eigenvalue weighted by Gasteiger charge is 2.31. The molecule has 4 heteroatoms. The summed E-state index contributed by atoms with van der Waals surface area (Å²) < 4.78 is 13.6. The summed E-state index contributed by atoms with van der Waals surface area (Å²) in [5, 5.41) is 0.122. The Bertz CT molecular complexity index is 604. The molecule has 0 heterocycles. The van der Waals surface area contributed by atoms with Crippen molar-refractivity contribution in [1.82, 2.24) is 0 Å². The molecule has 2 aromatic carbocycles. The fourth-order valence-corrected chi connectivity index (χ4v) is 3.23. The minimum Gasteiger partial charge on any atom is -0.205 e. The van der Waals surface area contributed by atoms with Gasteiger partial charge in [0.2, 0.25) is 0 Å². The summed E-state index contributed by atoms with van der Waals surface area (Å²) in [5.74, 6) is 0.310. The van der Waals surface area contributed by atoms with Gasteiger partial charge in [-0.1, -0.05) is 47.5 Å². The topological polar surface area (TPSA) is 0 Å². The van der Waals surface area contributed by atoms with Crippen LogP contribution in [0.3, 0.4) is 0 Å². The highest BCUT2D eigenvalue weighted by molar-refractivity contribution is 6.30. The molecule has 21 heavy (non-hydrogen) atoms. The van der Waals surface area contributed by atoms with E-state index in [1.807, 2.05) is 37.3 Å². The van der Waals surface area contributed by atoms with Crippen molar-refractivity contribution in [3.63, 3.8) is 0 Å². The molecule has 112 valence electrons. The molecule has 0 aromatic heterocycles. The van der Waals surface area contributed by atoms with E-state index in [1.54, 1.807) is 6.07 Å². The lowest BCUT2D eigenvalue weighted by Crippen LogP contribution is -2.33. The molecule has 0 fully saturated rings. The number of rotatable bonds is 5. The molecule has 0 saturated heterocycles. The van der Waals surface area contributed by atoms with Crippen molar-refractivity contribution in [2.24, 2.45) is 0 Å². The fraction of sp³-hybridized carbons (Fsp3) is 0.294. The summed E-state index contributed by atoms with van der Waals surface area (Å²) >= 11 is 18.2. The summed E-state index contributed by atoms with van der Waals surface area (Å²) in [6, 6.07) is 13.0.